The summed E-state index contributed by atoms with van der Waals surface area (Å²) in [4.78, 5) is 12.3. The number of anilines is 2. The molecule has 1 amide bonds. The van der Waals surface area contributed by atoms with Crippen LogP contribution < -0.4 is 11.1 Å². The summed E-state index contributed by atoms with van der Waals surface area (Å²) < 4.78 is 0.563. The van der Waals surface area contributed by atoms with E-state index in [9.17, 15) is 4.79 Å². The largest absolute Gasteiger partial charge is 0.398 e. The number of nitrogens with two attached hydrogens (primary N) is 1. The first-order chi connectivity index (χ1) is 8.42. The third-order valence-corrected chi connectivity index (χ3v) is 5.48. The Labute approximate surface area is 120 Å². The van der Waals surface area contributed by atoms with Gasteiger partial charge in [-0.3, -0.25) is 4.79 Å². The number of amides is 1. The van der Waals surface area contributed by atoms with Crippen LogP contribution in [-0.2, 0) is 4.79 Å². The molecule has 1 unspecified atom stereocenters. The molecule has 1 heterocycles. The molecule has 3 nitrogen and oxygen atoms in total. The normalized spacial score (nSPS) is 23.1. The van der Waals surface area contributed by atoms with Gasteiger partial charge in [-0.05, 0) is 66.1 Å². The first kappa shape index (κ1) is 13.7. The number of nitrogen functional groups attached to an aromatic ring is 1. The predicted octanol–water partition coefficient (Wildman–Crippen LogP) is 3.56. The molecule has 1 fully saturated rings. The van der Waals surface area contributed by atoms with Crippen LogP contribution in [0.25, 0.3) is 0 Å². The summed E-state index contributed by atoms with van der Waals surface area (Å²) in [5.41, 5.74) is 8.31. The van der Waals surface area contributed by atoms with Crippen molar-refractivity contribution in [1.82, 2.24) is 0 Å². The highest BCUT2D eigenvalue weighted by atomic mass is 79.9. The van der Waals surface area contributed by atoms with Crippen LogP contribution in [0.3, 0.4) is 0 Å². The Kier molecular flexibility index (Phi) is 3.92. The number of rotatable bonds is 2. The summed E-state index contributed by atoms with van der Waals surface area (Å²) in [6.45, 7) is 3.95. The molecular formula is C13H17BrN2OS. The number of halogens is 1. The fourth-order valence-corrected chi connectivity index (χ4v) is 3.76. The van der Waals surface area contributed by atoms with Gasteiger partial charge in [-0.15, -0.1) is 11.8 Å². The van der Waals surface area contributed by atoms with E-state index in [1.807, 2.05) is 19.9 Å². The monoisotopic (exact) mass is 328 g/mol. The molecule has 1 aromatic rings. The Morgan fingerprint density at radius 1 is 1.56 bits per heavy atom. The van der Waals surface area contributed by atoms with Crippen LogP contribution in [-0.4, -0.2) is 16.4 Å². The van der Waals surface area contributed by atoms with Crippen molar-refractivity contribution in [1.29, 1.82) is 0 Å². The number of carbonyl (C=O) groups is 1. The third-order valence-electron chi connectivity index (χ3n) is 3.30. The van der Waals surface area contributed by atoms with E-state index in [-0.39, 0.29) is 10.7 Å². The molecule has 1 aliphatic heterocycles. The van der Waals surface area contributed by atoms with E-state index in [0.29, 0.717) is 5.69 Å². The molecular weight excluding hydrogens is 312 g/mol. The zero-order valence-electron chi connectivity index (χ0n) is 10.5. The number of carbonyl (C=O) groups excluding carboxylic acids is 1. The maximum atomic E-state index is 12.3. The minimum Gasteiger partial charge on any atom is -0.398 e. The summed E-state index contributed by atoms with van der Waals surface area (Å²) in [7, 11) is 0. The molecule has 0 spiro atoms. The summed E-state index contributed by atoms with van der Waals surface area (Å²) in [5.74, 6) is 1.12. The van der Waals surface area contributed by atoms with E-state index < -0.39 is 0 Å². The minimum absolute atomic E-state index is 0.0638. The average molecular weight is 329 g/mol. The Morgan fingerprint density at radius 3 is 2.89 bits per heavy atom. The Bertz CT molecular complexity index is 484. The second kappa shape index (κ2) is 5.13. The quantitative estimate of drug-likeness (QED) is 0.816. The first-order valence-corrected chi connectivity index (χ1v) is 7.71. The Morgan fingerprint density at radius 2 is 2.28 bits per heavy atom. The number of hydrogen-bond donors (Lipinski definition) is 2. The molecule has 1 saturated heterocycles. The zero-order valence-corrected chi connectivity index (χ0v) is 13.0. The van der Waals surface area contributed by atoms with Gasteiger partial charge in [-0.25, -0.2) is 0 Å². The highest BCUT2D eigenvalue weighted by Gasteiger charge is 2.37. The molecule has 1 aliphatic rings. The van der Waals surface area contributed by atoms with Gasteiger partial charge < -0.3 is 11.1 Å². The molecule has 1 aromatic carbocycles. The molecule has 18 heavy (non-hydrogen) atoms. The Balaban J connectivity index is 2.19. The van der Waals surface area contributed by atoms with Crippen molar-refractivity contribution in [2.24, 2.45) is 0 Å². The van der Waals surface area contributed by atoms with Crippen molar-refractivity contribution in [2.75, 3.05) is 16.8 Å². The van der Waals surface area contributed by atoms with E-state index in [0.717, 1.165) is 34.3 Å². The minimum atomic E-state index is -0.306. The van der Waals surface area contributed by atoms with E-state index in [4.69, 9.17) is 5.73 Å². The molecule has 5 heteroatoms. The van der Waals surface area contributed by atoms with Crippen LogP contribution in [0.15, 0.2) is 16.6 Å². The molecule has 3 N–H and O–H groups in total. The van der Waals surface area contributed by atoms with Crippen LogP contribution in [0.4, 0.5) is 11.4 Å². The number of nitrogens with one attached hydrogen (secondary N) is 1. The average Bonchev–Trinajstić information content (AvgIpc) is 2.74. The lowest BCUT2D eigenvalue weighted by atomic mass is 10.0. The molecule has 1 atom stereocenters. The van der Waals surface area contributed by atoms with Gasteiger partial charge in [0.2, 0.25) is 5.91 Å². The second-order valence-electron chi connectivity index (χ2n) is 4.83. The van der Waals surface area contributed by atoms with Crippen LogP contribution in [0, 0.1) is 6.92 Å². The van der Waals surface area contributed by atoms with Gasteiger partial charge in [0, 0.05) is 10.2 Å². The summed E-state index contributed by atoms with van der Waals surface area (Å²) >= 11 is 5.19. The standard InChI is InChI=1S/C13H17BrN2OS/c1-8-6-9(14)11(7-10(8)15)16-12(17)13(2)4-3-5-18-13/h6-7H,3-5,15H2,1-2H3,(H,16,17). The fourth-order valence-electron chi connectivity index (χ4n) is 2.00. The maximum Gasteiger partial charge on any atom is 0.240 e. The van der Waals surface area contributed by atoms with Gasteiger partial charge in [0.25, 0.3) is 0 Å². The lowest BCUT2D eigenvalue weighted by Gasteiger charge is -2.22. The van der Waals surface area contributed by atoms with E-state index in [1.165, 1.54) is 0 Å². The predicted molar refractivity (Wildman–Crippen MR) is 82.0 cm³/mol. The third kappa shape index (κ3) is 2.67. The smallest absolute Gasteiger partial charge is 0.240 e. The summed E-state index contributed by atoms with van der Waals surface area (Å²) in [6, 6.07) is 3.73. The van der Waals surface area contributed by atoms with Crippen molar-refractivity contribution >= 4 is 45.0 Å². The molecule has 0 bridgehead atoms. The lowest BCUT2D eigenvalue weighted by molar-refractivity contribution is -0.118. The SMILES string of the molecule is Cc1cc(Br)c(NC(=O)C2(C)CCCS2)cc1N. The molecule has 0 radical (unpaired) electrons. The van der Waals surface area contributed by atoms with Gasteiger partial charge in [0.05, 0.1) is 10.4 Å². The van der Waals surface area contributed by atoms with Crippen molar-refractivity contribution in [2.45, 2.75) is 31.4 Å². The number of hydrogen-bond acceptors (Lipinski definition) is 3. The maximum absolute atomic E-state index is 12.3. The van der Waals surface area contributed by atoms with Crippen molar-refractivity contribution in [3.05, 3.63) is 22.2 Å². The van der Waals surface area contributed by atoms with Gasteiger partial charge in [-0.2, -0.15) is 0 Å². The highest BCUT2D eigenvalue weighted by Crippen LogP contribution is 2.39. The van der Waals surface area contributed by atoms with E-state index in [2.05, 4.69) is 21.2 Å². The summed E-state index contributed by atoms with van der Waals surface area (Å²) in [6.07, 6.45) is 2.04. The van der Waals surface area contributed by atoms with Gasteiger partial charge in [0.1, 0.15) is 0 Å². The molecule has 0 saturated carbocycles. The fraction of sp³-hybridized carbons (Fsp3) is 0.462. The van der Waals surface area contributed by atoms with Crippen molar-refractivity contribution < 1.29 is 4.79 Å². The number of thioether (sulfide) groups is 1. The lowest BCUT2D eigenvalue weighted by Crippen LogP contribution is -2.34. The Hall–Kier alpha value is -0.680. The topological polar surface area (TPSA) is 55.1 Å². The van der Waals surface area contributed by atoms with E-state index in [1.54, 1.807) is 17.8 Å². The molecule has 0 aromatic heterocycles. The van der Waals surface area contributed by atoms with Gasteiger partial charge in [-0.1, -0.05) is 0 Å². The number of benzene rings is 1. The zero-order chi connectivity index (χ0) is 13.3. The highest BCUT2D eigenvalue weighted by molar-refractivity contribution is 9.10. The summed E-state index contributed by atoms with van der Waals surface area (Å²) in [5, 5.41) is 2.97. The molecule has 0 aliphatic carbocycles. The number of aryl methyl sites for hydroxylation is 1. The van der Waals surface area contributed by atoms with Gasteiger partial charge in [0.15, 0.2) is 0 Å². The van der Waals surface area contributed by atoms with E-state index >= 15 is 0 Å². The van der Waals surface area contributed by atoms with Crippen LogP contribution in [0.5, 0.6) is 0 Å². The second-order valence-corrected chi connectivity index (χ2v) is 7.28. The van der Waals surface area contributed by atoms with Gasteiger partial charge >= 0.3 is 0 Å². The first-order valence-electron chi connectivity index (χ1n) is 5.93. The van der Waals surface area contributed by atoms with Crippen LogP contribution in [0.1, 0.15) is 25.3 Å². The van der Waals surface area contributed by atoms with Crippen molar-refractivity contribution in [3.8, 4) is 0 Å². The van der Waals surface area contributed by atoms with Crippen LogP contribution >= 0.6 is 27.7 Å². The molecule has 2 rings (SSSR count). The van der Waals surface area contributed by atoms with Crippen LogP contribution in [0.2, 0.25) is 0 Å². The van der Waals surface area contributed by atoms with Crippen molar-refractivity contribution in [3.63, 3.8) is 0 Å². The molecule has 98 valence electrons.